The number of carbonyl (C=O) groups excluding carboxylic acids is 2. The van der Waals surface area contributed by atoms with Crippen LogP contribution < -0.4 is 19.1 Å². The molecule has 0 aliphatic carbocycles. The van der Waals surface area contributed by atoms with Crippen LogP contribution in [0.3, 0.4) is 0 Å². The molecule has 0 aromatic heterocycles. The van der Waals surface area contributed by atoms with Crippen LogP contribution in [0.15, 0.2) is 60.7 Å². The molecule has 222 valence electrons. The molecule has 2 aliphatic rings. The molecule has 2 aliphatic heterocycles. The third-order valence-electron chi connectivity index (χ3n) is 7.68. The highest BCUT2D eigenvalue weighted by atomic mass is 35.5. The summed E-state index contributed by atoms with van der Waals surface area (Å²) in [5, 5.41) is 0.446. The molecule has 0 saturated heterocycles. The number of fused-ring (bicyclic) bond motifs is 2. The van der Waals surface area contributed by atoms with Gasteiger partial charge in [0.15, 0.2) is 11.5 Å². The highest BCUT2D eigenvalue weighted by molar-refractivity contribution is 6.32. The van der Waals surface area contributed by atoms with E-state index < -0.39 is 0 Å². The van der Waals surface area contributed by atoms with Gasteiger partial charge in [-0.1, -0.05) is 41.9 Å². The molecule has 42 heavy (non-hydrogen) atoms. The van der Waals surface area contributed by atoms with Crippen LogP contribution in [0.25, 0.3) is 0 Å². The van der Waals surface area contributed by atoms with Crippen molar-refractivity contribution in [3.8, 4) is 17.2 Å². The lowest BCUT2D eigenvalue weighted by atomic mass is 10.1. The molecule has 2 heterocycles. The maximum atomic E-state index is 13.9. The molecule has 5 rings (SSSR count). The molecule has 8 nitrogen and oxygen atoms in total. The Morgan fingerprint density at radius 1 is 0.905 bits per heavy atom. The molecule has 9 heteroatoms. The standard InChI is InChI=1S/C33H38ClN3O5/c1-24(38)37-13-6-12-35(22-25-8-5-10-28(18-25)40-2)14-15-36(23-27-9-3-4-11-30(27)37)32(39)21-26-19-29(34)33-31(20-26)41-16-7-17-42-33/h3-5,8-11,18-20H,6-7,12-17,21-23H2,1-2H3. The predicted octanol–water partition coefficient (Wildman–Crippen LogP) is 5.34. The molecule has 0 radical (unpaired) electrons. The zero-order valence-corrected chi connectivity index (χ0v) is 25.1. The van der Waals surface area contributed by atoms with Crippen molar-refractivity contribution in [1.82, 2.24) is 9.80 Å². The van der Waals surface area contributed by atoms with Crippen LogP contribution >= 0.6 is 11.6 Å². The monoisotopic (exact) mass is 591 g/mol. The molecule has 0 saturated carbocycles. The van der Waals surface area contributed by atoms with E-state index in [9.17, 15) is 9.59 Å². The first-order valence-electron chi connectivity index (χ1n) is 14.5. The van der Waals surface area contributed by atoms with E-state index in [-0.39, 0.29) is 18.2 Å². The van der Waals surface area contributed by atoms with Gasteiger partial charge in [0, 0.05) is 58.3 Å². The number of benzene rings is 3. The third-order valence-corrected chi connectivity index (χ3v) is 7.96. The molecule has 0 bridgehead atoms. The first-order valence-corrected chi connectivity index (χ1v) is 14.9. The lowest BCUT2D eigenvalue weighted by molar-refractivity contribution is -0.131. The van der Waals surface area contributed by atoms with Crippen molar-refractivity contribution in [3.05, 3.63) is 82.4 Å². The van der Waals surface area contributed by atoms with Crippen molar-refractivity contribution in [1.29, 1.82) is 0 Å². The average molecular weight is 592 g/mol. The van der Waals surface area contributed by atoms with Crippen molar-refractivity contribution in [3.63, 3.8) is 0 Å². The van der Waals surface area contributed by atoms with Gasteiger partial charge >= 0.3 is 0 Å². The Morgan fingerprint density at radius 2 is 1.74 bits per heavy atom. The summed E-state index contributed by atoms with van der Waals surface area (Å²) >= 11 is 6.54. The Bertz CT molecular complexity index is 1410. The Labute approximate surface area is 252 Å². The molecule has 0 spiro atoms. The smallest absolute Gasteiger partial charge is 0.227 e. The zero-order chi connectivity index (χ0) is 29.5. The van der Waals surface area contributed by atoms with E-state index in [1.807, 2.05) is 58.3 Å². The lowest BCUT2D eigenvalue weighted by Crippen LogP contribution is -2.39. The van der Waals surface area contributed by atoms with Crippen LogP contribution in [0.5, 0.6) is 17.2 Å². The van der Waals surface area contributed by atoms with Crippen molar-refractivity contribution < 1.29 is 23.8 Å². The number of carbonyl (C=O) groups is 2. The third kappa shape index (κ3) is 7.36. The molecule has 0 N–H and O–H groups in total. The average Bonchev–Trinajstić information content (AvgIpc) is 3.24. The molecule has 0 atom stereocenters. The molecule has 0 fully saturated rings. The second-order valence-electron chi connectivity index (χ2n) is 10.7. The highest BCUT2D eigenvalue weighted by Crippen LogP contribution is 2.38. The second-order valence-corrected chi connectivity index (χ2v) is 11.1. The molecular weight excluding hydrogens is 554 g/mol. The summed E-state index contributed by atoms with van der Waals surface area (Å²) in [6.45, 7) is 6.40. The normalized spacial score (nSPS) is 16.2. The number of hydrogen-bond acceptors (Lipinski definition) is 6. The van der Waals surface area contributed by atoms with Crippen LogP contribution in [0.1, 0.15) is 36.5 Å². The van der Waals surface area contributed by atoms with Crippen LogP contribution in [0.4, 0.5) is 5.69 Å². The molecule has 3 aromatic rings. The van der Waals surface area contributed by atoms with Gasteiger partial charge in [0.25, 0.3) is 0 Å². The van der Waals surface area contributed by atoms with Crippen LogP contribution in [0, 0.1) is 0 Å². The van der Waals surface area contributed by atoms with E-state index >= 15 is 0 Å². The second kappa shape index (κ2) is 13.9. The number of ether oxygens (including phenoxy) is 3. The van der Waals surface area contributed by atoms with E-state index in [1.54, 1.807) is 20.1 Å². The van der Waals surface area contributed by atoms with E-state index in [0.717, 1.165) is 47.5 Å². The summed E-state index contributed by atoms with van der Waals surface area (Å²) in [5.41, 5.74) is 3.70. The first-order chi connectivity index (χ1) is 20.4. The fourth-order valence-corrected chi connectivity index (χ4v) is 5.83. The van der Waals surface area contributed by atoms with Gasteiger partial charge in [-0.05, 0) is 53.4 Å². The maximum absolute atomic E-state index is 13.9. The minimum atomic E-state index is -0.0229. The molecule has 0 unspecified atom stereocenters. The SMILES string of the molecule is COc1cccc(CN2CCCN(C(C)=O)c3ccccc3CN(C(=O)Cc3cc(Cl)c4c(c3)OCCCO4)CC2)c1. The van der Waals surface area contributed by atoms with Crippen molar-refractivity contribution in [2.24, 2.45) is 0 Å². The number of amides is 2. The summed E-state index contributed by atoms with van der Waals surface area (Å²) < 4.78 is 17.1. The summed E-state index contributed by atoms with van der Waals surface area (Å²) in [6, 6.07) is 19.6. The van der Waals surface area contributed by atoms with Gasteiger partial charge in [-0.2, -0.15) is 0 Å². The number of halogens is 1. The van der Waals surface area contributed by atoms with Gasteiger partial charge in [0.05, 0.1) is 31.8 Å². The molecular formula is C33H38ClN3O5. The largest absolute Gasteiger partial charge is 0.497 e. The van der Waals surface area contributed by atoms with E-state index in [0.29, 0.717) is 62.5 Å². The van der Waals surface area contributed by atoms with Crippen molar-refractivity contribution in [2.45, 2.75) is 39.3 Å². The van der Waals surface area contributed by atoms with Gasteiger partial charge in [-0.3, -0.25) is 14.5 Å². The first kappa shape index (κ1) is 29.7. The number of rotatable bonds is 5. The maximum Gasteiger partial charge on any atom is 0.227 e. The van der Waals surface area contributed by atoms with Gasteiger partial charge in [-0.25, -0.2) is 0 Å². The van der Waals surface area contributed by atoms with E-state index in [4.69, 9.17) is 25.8 Å². The quantitative estimate of drug-likeness (QED) is 0.399. The number of anilines is 1. The van der Waals surface area contributed by atoms with E-state index in [2.05, 4.69) is 11.0 Å². The fourth-order valence-electron chi connectivity index (χ4n) is 5.54. The Balaban J connectivity index is 1.42. The number of hydrogen-bond donors (Lipinski definition) is 0. The summed E-state index contributed by atoms with van der Waals surface area (Å²) in [7, 11) is 1.67. The predicted molar refractivity (Wildman–Crippen MR) is 164 cm³/mol. The van der Waals surface area contributed by atoms with Gasteiger partial charge in [0.2, 0.25) is 11.8 Å². The minimum Gasteiger partial charge on any atom is -0.497 e. The molecule has 3 aromatic carbocycles. The Hall–Kier alpha value is -3.75. The van der Waals surface area contributed by atoms with Crippen LogP contribution in [-0.2, 0) is 29.1 Å². The Kier molecular flexibility index (Phi) is 9.87. The van der Waals surface area contributed by atoms with Crippen LogP contribution in [0.2, 0.25) is 5.02 Å². The zero-order valence-electron chi connectivity index (χ0n) is 24.3. The Morgan fingerprint density at radius 3 is 2.57 bits per heavy atom. The number of methoxy groups -OCH3 is 1. The van der Waals surface area contributed by atoms with Gasteiger partial charge in [-0.15, -0.1) is 0 Å². The summed E-state index contributed by atoms with van der Waals surface area (Å²) in [6.07, 6.45) is 1.75. The minimum absolute atomic E-state index is 0.0132. The molecule has 2 amide bonds. The van der Waals surface area contributed by atoms with Gasteiger partial charge < -0.3 is 24.0 Å². The van der Waals surface area contributed by atoms with Crippen LogP contribution in [-0.4, -0.2) is 68.1 Å². The van der Waals surface area contributed by atoms with Crippen molar-refractivity contribution in [2.75, 3.05) is 51.4 Å². The fraction of sp³-hybridized carbons (Fsp3) is 0.394. The highest BCUT2D eigenvalue weighted by Gasteiger charge is 2.24. The summed E-state index contributed by atoms with van der Waals surface area (Å²) in [4.78, 5) is 32.8. The van der Waals surface area contributed by atoms with Crippen molar-refractivity contribution >= 4 is 29.1 Å². The summed E-state index contributed by atoms with van der Waals surface area (Å²) in [5.74, 6) is 1.89. The lowest BCUT2D eigenvalue weighted by Gasteiger charge is -2.28. The van der Waals surface area contributed by atoms with Gasteiger partial charge in [0.1, 0.15) is 5.75 Å². The van der Waals surface area contributed by atoms with E-state index in [1.165, 1.54) is 0 Å². The number of nitrogens with zero attached hydrogens (tertiary/aromatic N) is 3. The number of para-hydroxylation sites is 1. The topological polar surface area (TPSA) is 71.6 Å².